The fourth-order valence-electron chi connectivity index (χ4n) is 6.16. The van der Waals surface area contributed by atoms with Gasteiger partial charge in [0.15, 0.2) is 11.5 Å². The molecule has 3 fully saturated rings. The summed E-state index contributed by atoms with van der Waals surface area (Å²) in [7, 11) is 1.58. The summed E-state index contributed by atoms with van der Waals surface area (Å²) in [6.45, 7) is 1.62. The van der Waals surface area contributed by atoms with Gasteiger partial charge in [0.2, 0.25) is 17.7 Å². The number of amides is 3. The highest BCUT2D eigenvalue weighted by Gasteiger charge is 2.67. The van der Waals surface area contributed by atoms with Gasteiger partial charge in [0, 0.05) is 5.69 Å². The molecule has 3 amide bonds. The summed E-state index contributed by atoms with van der Waals surface area (Å²) < 4.78 is 11.2. The van der Waals surface area contributed by atoms with Gasteiger partial charge in [0.25, 0.3) is 0 Å². The number of imide groups is 1. The zero-order valence-electron chi connectivity index (χ0n) is 19.0. The maximum Gasteiger partial charge on any atom is 0.247 e. The van der Waals surface area contributed by atoms with Crippen LogP contribution < -0.4 is 14.8 Å². The number of ether oxygens (including phenoxy) is 2. The number of hydrogen-bond acceptors (Lipinski definition) is 5. The van der Waals surface area contributed by atoms with Crippen LogP contribution in [0, 0.1) is 35.5 Å². The van der Waals surface area contributed by atoms with E-state index in [-0.39, 0.29) is 41.4 Å². The molecule has 7 heteroatoms. The van der Waals surface area contributed by atoms with Gasteiger partial charge in [-0.05, 0) is 73.4 Å². The van der Waals surface area contributed by atoms with Gasteiger partial charge < -0.3 is 14.8 Å². The highest BCUT2D eigenvalue weighted by atomic mass is 16.5. The Hall–Kier alpha value is -3.61. The van der Waals surface area contributed by atoms with E-state index in [0.29, 0.717) is 34.8 Å². The molecule has 2 aromatic rings. The molecule has 2 saturated carbocycles. The van der Waals surface area contributed by atoms with E-state index in [1.54, 1.807) is 38.3 Å². The van der Waals surface area contributed by atoms with E-state index < -0.39 is 6.04 Å². The van der Waals surface area contributed by atoms with Crippen molar-refractivity contribution in [1.82, 2.24) is 4.90 Å². The first-order valence-electron chi connectivity index (χ1n) is 11.7. The summed E-state index contributed by atoms with van der Waals surface area (Å²) in [5.74, 6) is 1.79. The molecular formula is C27H26N2O5. The number of rotatable bonds is 6. The Balaban J connectivity index is 1.13. The van der Waals surface area contributed by atoms with E-state index in [1.807, 2.05) is 24.3 Å². The summed E-state index contributed by atoms with van der Waals surface area (Å²) >= 11 is 0. The second kappa shape index (κ2) is 7.72. The van der Waals surface area contributed by atoms with Crippen LogP contribution >= 0.6 is 0 Å². The summed E-state index contributed by atoms with van der Waals surface area (Å²) in [4.78, 5) is 40.7. The molecule has 1 N–H and O–H groups in total. The topological polar surface area (TPSA) is 84.9 Å². The zero-order chi connectivity index (χ0) is 23.6. The van der Waals surface area contributed by atoms with Gasteiger partial charge in [0.05, 0.1) is 18.9 Å². The molecular weight excluding hydrogens is 432 g/mol. The predicted octanol–water partition coefficient (Wildman–Crippen LogP) is 3.87. The third-order valence-corrected chi connectivity index (χ3v) is 7.88. The Morgan fingerprint density at radius 3 is 2.12 bits per heavy atom. The lowest BCUT2D eigenvalue weighted by Crippen LogP contribution is -2.46. The van der Waals surface area contributed by atoms with Crippen molar-refractivity contribution in [3.05, 3.63) is 60.7 Å². The number of allylic oxidation sites excluding steroid dienone is 2. The number of carbonyl (C=O) groups is 3. The number of carbonyl (C=O) groups excluding carboxylic acids is 3. The van der Waals surface area contributed by atoms with E-state index in [1.165, 1.54) is 4.90 Å². The number of benzene rings is 2. The molecule has 7 nitrogen and oxygen atoms in total. The van der Waals surface area contributed by atoms with Crippen molar-refractivity contribution >= 4 is 23.4 Å². The number of hydrogen-bond donors (Lipinski definition) is 1. The molecule has 174 valence electrons. The van der Waals surface area contributed by atoms with Gasteiger partial charge in [0.1, 0.15) is 11.8 Å². The monoisotopic (exact) mass is 458 g/mol. The van der Waals surface area contributed by atoms with Crippen LogP contribution in [0.5, 0.6) is 17.2 Å². The third-order valence-electron chi connectivity index (χ3n) is 7.88. The summed E-state index contributed by atoms with van der Waals surface area (Å²) in [5.41, 5.74) is 0.559. The Morgan fingerprint density at radius 1 is 0.941 bits per heavy atom. The van der Waals surface area contributed by atoms with E-state index >= 15 is 0 Å². The molecule has 1 saturated heterocycles. The second-order valence-corrected chi connectivity index (χ2v) is 9.64. The molecule has 4 aliphatic carbocycles. The molecule has 1 aliphatic heterocycles. The van der Waals surface area contributed by atoms with Crippen molar-refractivity contribution in [3.63, 3.8) is 0 Å². The molecule has 7 atom stereocenters. The fraction of sp³-hybridized carbons (Fsp3) is 0.370. The SMILES string of the molecule is COc1ccccc1Oc1ccc(NC(=O)[C@H](C)N2C(=O)[C@@H]3[C@H]4C=C[C@@H]([C@@H]5C[C@H]45)[C@H]3C2=O)cc1. The van der Waals surface area contributed by atoms with Crippen molar-refractivity contribution in [2.45, 2.75) is 19.4 Å². The minimum atomic E-state index is -0.870. The van der Waals surface area contributed by atoms with Crippen LogP contribution in [0.1, 0.15) is 13.3 Å². The van der Waals surface area contributed by atoms with Crippen LogP contribution in [-0.2, 0) is 14.4 Å². The van der Waals surface area contributed by atoms with Crippen molar-refractivity contribution in [3.8, 4) is 17.2 Å². The first kappa shape index (κ1) is 21.0. The maximum absolute atomic E-state index is 13.2. The standard InChI is InChI=1S/C27H26N2O5/c1-14(29-26(31)23-17-11-12-18(20-13-19(17)20)24(23)27(29)32)25(30)28-15-7-9-16(10-8-15)34-22-6-4-3-5-21(22)33-2/h3-12,14,17-20,23-24H,13H2,1-2H3,(H,28,30)/t14-,17-,18-,19-,20+,23+,24+/m0/s1. The number of para-hydroxylation sites is 2. The second-order valence-electron chi connectivity index (χ2n) is 9.64. The van der Waals surface area contributed by atoms with Gasteiger partial charge in [-0.2, -0.15) is 0 Å². The molecule has 0 unspecified atom stereocenters. The van der Waals surface area contributed by atoms with Crippen molar-refractivity contribution in [2.75, 3.05) is 12.4 Å². The van der Waals surface area contributed by atoms with Crippen LogP contribution in [0.25, 0.3) is 0 Å². The largest absolute Gasteiger partial charge is 0.493 e. The third kappa shape index (κ3) is 3.14. The summed E-state index contributed by atoms with van der Waals surface area (Å²) in [6.07, 6.45) is 5.38. The Kier molecular flexibility index (Phi) is 4.76. The van der Waals surface area contributed by atoms with Gasteiger partial charge in [-0.1, -0.05) is 24.3 Å². The van der Waals surface area contributed by atoms with Crippen molar-refractivity contribution in [1.29, 1.82) is 0 Å². The molecule has 2 aromatic carbocycles. The predicted molar refractivity (Wildman–Crippen MR) is 124 cm³/mol. The van der Waals surface area contributed by atoms with Gasteiger partial charge in [-0.15, -0.1) is 0 Å². The lowest BCUT2D eigenvalue weighted by atomic mass is 9.63. The zero-order valence-corrected chi connectivity index (χ0v) is 19.0. The molecule has 7 rings (SSSR count). The number of nitrogens with one attached hydrogen (secondary N) is 1. The Bertz CT molecular complexity index is 1170. The number of anilines is 1. The van der Waals surface area contributed by atoms with Crippen molar-refractivity contribution < 1.29 is 23.9 Å². The highest BCUT2D eigenvalue weighted by Crippen LogP contribution is 2.65. The average molecular weight is 459 g/mol. The summed E-state index contributed by atoms with van der Waals surface area (Å²) in [6, 6.07) is 13.4. The summed E-state index contributed by atoms with van der Waals surface area (Å²) in [5, 5.41) is 2.83. The first-order valence-corrected chi connectivity index (χ1v) is 11.7. The van der Waals surface area contributed by atoms with E-state index in [9.17, 15) is 14.4 Å². The molecule has 1 heterocycles. The van der Waals surface area contributed by atoms with E-state index in [2.05, 4.69) is 17.5 Å². The lowest BCUT2D eigenvalue weighted by molar-refractivity contribution is -0.146. The van der Waals surface area contributed by atoms with Crippen LogP contribution in [-0.4, -0.2) is 35.8 Å². The van der Waals surface area contributed by atoms with E-state index in [4.69, 9.17) is 9.47 Å². The number of methoxy groups -OCH3 is 1. The maximum atomic E-state index is 13.2. The minimum absolute atomic E-state index is 0.146. The minimum Gasteiger partial charge on any atom is -0.493 e. The van der Waals surface area contributed by atoms with Crippen molar-refractivity contribution in [2.24, 2.45) is 35.5 Å². The molecule has 34 heavy (non-hydrogen) atoms. The fourth-order valence-corrected chi connectivity index (χ4v) is 6.16. The van der Waals surface area contributed by atoms with E-state index in [0.717, 1.165) is 6.42 Å². The van der Waals surface area contributed by atoms with Crippen LogP contribution in [0.2, 0.25) is 0 Å². The molecule has 5 aliphatic rings. The smallest absolute Gasteiger partial charge is 0.247 e. The first-order chi connectivity index (χ1) is 16.5. The number of nitrogens with zero attached hydrogens (tertiary/aromatic N) is 1. The number of likely N-dealkylation sites (tertiary alicyclic amines) is 1. The van der Waals surface area contributed by atoms with Crippen LogP contribution in [0.15, 0.2) is 60.7 Å². The highest BCUT2D eigenvalue weighted by molar-refractivity contribution is 6.10. The van der Waals surface area contributed by atoms with Gasteiger partial charge in [-0.25, -0.2) is 0 Å². The molecule has 2 bridgehead atoms. The van der Waals surface area contributed by atoms with Gasteiger partial charge >= 0.3 is 0 Å². The Labute approximate surface area is 197 Å². The molecule has 0 aromatic heterocycles. The molecule has 0 spiro atoms. The Morgan fingerprint density at radius 2 is 1.53 bits per heavy atom. The lowest BCUT2D eigenvalue weighted by Gasteiger charge is -2.37. The average Bonchev–Trinajstić information content (AvgIpc) is 3.63. The normalized spacial score (nSPS) is 31.1. The van der Waals surface area contributed by atoms with Crippen LogP contribution in [0.3, 0.4) is 0 Å². The molecule has 0 radical (unpaired) electrons. The van der Waals surface area contributed by atoms with Gasteiger partial charge in [-0.3, -0.25) is 19.3 Å². The van der Waals surface area contributed by atoms with Crippen LogP contribution in [0.4, 0.5) is 5.69 Å². The quantitative estimate of drug-likeness (QED) is 0.525.